The van der Waals surface area contributed by atoms with E-state index in [-0.39, 0.29) is 5.82 Å². The summed E-state index contributed by atoms with van der Waals surface area (Å²) in [5.41, 5.74) is 1.56. The molecule has 0 amide bonds. The first-order valence-electron chi connectivity index (χ1n) is 8.00. The molecule has 118 valence electrons. The van der Waals surface area contributed by atoms with Crippen LogP contribution in [0.3, 0.4) is 0 Å². The lowest BCUT2D eigenvalue weighted by Crippen LogP contribution is -2.05. The minimum Gasteiger partial charge on any atom is -0.493 e. The van der Waals surface area contributed by atoms with Gasteiger partial charge >= 0.3 is 0 Å². The van der Waals surface area contributed by atoms with Crippen molar-refractivity contribution in [3.63, 3.8) is 0 Å². The highest BCUT2D eigenvalue weighted by atomic mass is 19.1. The second-order valence-corrected chi connectivity index (χ2v) is 5.35. The lowest BCUT2D eigenvalue weighted by molar-refractivity contribution is 0.302. The highest BCUT2D eigenvalue weighted by Gasteiger charge is 2.05. The Balaban J connectivity index is 1.89. The highest BCUT2D eigenvalue weighted by molar-refractivity contribution is 5.46. The van der Waals surface area contributed by atoms with Gasteiger partial charge in [-0.1, -0.05) is 56.5 Å². The summed E-state index contributed by atoms with van der Waals surface area (Å²) in [6, 6.07) is 14.6. The lowest BCUT2D eigenvalue weighted by atomic mass is 10.2. The average Bonchev–Trinajstić information content (AvgIpc) is 2.55. The van der Waals surface area contributed by atoms with Gasteiger partial charge in [0.05, 0.1) is 12.3 Å². The predicted molar refractivity (Wildman–Crippen MR) is 89.8 cm³/mol. The Morgan fingerprint density at radius 1 is 0.955 bits per heavy atom. The number of para-hydroxylation sites is 2. The third-order valence-electron chi connectivity index (χ3n) is 3.57. The van der Waals surface area contributed by atoms with Gasteiger partial charge < -0.3 is 10.1 Å². The molecular weight excluding hydrogens is 277 g/mol. The molecule has 0 aliphatic carbocycles. The minimum atomic E-state index is -0.236. The van der Waals surface area contributed by atoms with Crippen LogP contribution in [0.1, 0.15) is 38.2 Å². The third-order valence-corrected chi connectivity index (χ3v) is 3.57. The molecule has 0 heterocycles. The van der Waals surface area contributed by atoms with Crippen LogP contribution in [0.5, 0.6) is 5.75 Å². The molecule has 0 spiro atoms. The molecule has 0 aliphatic heterocycles. The average molecular weight is 301 g/mol. The van der Waals surface area contributed by atoms with Crippen LogP contribution in [0.15, 0.2) is 48.5 Å². The standard InChI is InChI=1S/C19H24FNO/c1-2-3-4-9-14-22-19-13-8-5-10-16(19)15-21-18-12-7-6-11-17(18)20/h5-8,10-13,21H,2-4,9,14-15H2,1H3. The second-order valence-electron chi connectivity index (χ2n) is 5.35. The maximum atomic E-state index is 13.6. The van der Waals surface area contributed by atoms with Gasteiger partial charge in [0.15, 0.2) is 0 Å². The Kier molecular flexibility index (Phi) is 6.75. The number of hydrogen-bond acceptors (Lipinski definition) is 2. The van der Waals surface area contributed by atoms with Crippen molar-refractivity contribution in [2.24, 2.45) is 0 Å². The van der Waals surface area contributed by atoms with E-state index in [4.69, 9.17) is 4.74 Å². The third kappa shape index (κ3) is 5.06. The van der Waals surface area contributed by atoms with E-state index in [2.05, 4.69) is 12.2 Å². The number of ether oxygens (including phenoxy) is 1. The van der Waals surface area contributed by atoms with Crippen LogP contribution in [0.25, 0.3) is 0 Å². The van der Waals surface area contributed by atoms with Crippen molar-refractivity contribution in [1.82, 2.24) is 0 Å². The molecule has 0 saturated heterocycles. The summed E-state index contributed by atoms with van der Waals surface area (Å²) in [5.74, 6) is 0.642. The zero-order valence-electron chi connectivity index (χ0n) is 13.1. The largest absolute Gasteiger partial charge is 0.493 e. The van der Waals surface area contributed by atoms with Gasteiger partial charge in [0.2, 0.25) is 0 Å². The maximum absolute atomic E-state index is 13.6. The van der Waals surface area contributed by atoms with E-state index in [0.29, 0.717) is 12.2 Å². The van der Waals surface area contributed by atoms with Crippen LogP contribution >= 0.6 is 0 Å². The van der Waals surface area contributed by atoms with Crippen molar-refractivity contribution >= 4 is 5.69 Å². The van der Waals surface area contributed by atoms with Crippen LogP contribution < -0.4 is 10.1 Å². The first-order chi connectivity index (χ1) is 10.8. The van der Waals surface area contributed by atoms with Crippen molar-refractivity contribution in [2.75, 3.05) is 11.9 Å². The quantitative estimate of drug-likeness (QED) is 0.626. The number of benzene rings is 2. The number of rotatable bonds is 9. The first-order valence-corrected chi connectivity index (χ1v) is 8.00. The number of nitrogens with one attached hydrogen (secondary N) is 1. The van der Waals surface area contributed by atoms with Crippen LogP contribution in [0, 0.1) is 5.82 Å². The van der Waals surface area contributed by atoms with E-state index in [1.165, 1.54) is 25.3 Å². The van der Waals surface area contributed by atoms with Crippen molar-refractivity contribution in [3.8, 4) is 5.75 Å². The molecule has 0 unspecified atom stereocenters. The molecule has 1 N–H and O–H groups in total. The molecule has 0 radical (unpaired) electrons. The molecule has 2 aromatic carbocycles. The van der Waals surface area contributed by atoms with Gasteiger partial charge in [0.25, 0.3) is 0 Å². The zero-order chi connectivity index (χ0) is 15.6. The maximum Gasteiger partial charge on any atom is 0.146 e. The lowest BCUT2D eigenvalue weighted by Gasteiger charge is -2.13. The second kappa shape index (κ2) is 9.08. The smallest absolute Gasteiger partial charge is 0.146 e. The molecule has 0 fully saturated rings. The summed E-state index contributed by atoms with van der Waals surface area (Å²) in [6.45, 7) is 3.48. The Hall–Kier alpha value is -2.03. The molecule has 0 bridgehead atoms. The number of unbranched alkanes of at least 4 members (excludes halogenated alkanes) is 3. The van der Waals surface area contributed by atoms with Gasteiger partial charge in [-0.2, -0.15) is 0 Å². The van der Waals surface area contributed by atoms with Gasteiger partial charge in [-0.25, -0.2) is 4.39 Å². The Morgan fingerprint density at radius 3 is 2.55 bits per heavy atom. The van der Waals surface area contributed by atoms with E-state index in [1.54, 1.807) is 12.1 Å². The fraction of sp³-hybridized carbons (Fsp3) is 0.368. The molecule has 22 heavy (non-hydrogen) atoms. The summed E-state index contributed by atoms with van der Waals surface area (Å²) in [4.78, 5) is 0. The van der Waals surface area contributed by atoms with Crippen molar-refractivity contribution in [3.05, 3.63) is 59.9 Å². The highest BCUT2D eigenvalue weighted by Crippen LogP contribution is 2.21. The van der Waals surface area contributed by atoms with Gasteiger partial charge in [-0.15, -0.1) is 0 Å². The summed E-state index contributed by atoms with van der Waals surface area (Å²) in [5, 5.41) is 3.13. The predicted octanol–water partition coefficient (Wildman–Crippen LogP) is 5.40. The van der Waals surface area contributed by atoms with Crippen LogP contribution in [-0.2, 0) is 6.54 Å². The monoisotopic (exact) mass is 301 g/mol. The van der Waals surface area contributed by atoms with Gasteiger partial charge in [0.1, 0.15) is 11.6 Å². The summed E-state index contributed by atoms with van der Waals surface area (Å²) in [7, 11) is 0. The van der Waals surface area contributed by atoms with E-state index in [1.807, 2.05) is 30.3 Å². The molecule has 2 rings (SSSR count). The SMILES string of the molecule is CCCCCCOc1ccccc1CNc1ccccc1F. The van der Waals surface area contributed by atoms with Crippen LogP contribution in [0.4, 0.5) is 10.1 Å². The molecule has 0 aromatic heterocycles. The fourth-order valence-corrected chi connectivity index (χ4v) is 2.30. The van der Waals surface area contributed by atoms with Gasteiger partial charge in [-0.3, -0.25) is 0 Å². The Bertz CT molecular complexity index is 571. The minimum absolute atomic E-state index is 0.236. The van der Waals surface area contributed by atoms with Gasteiger partial charge in [-0.05, 0) is 24.6 Å². The summed E-state index contributed by atoms with van der Waals surface area (Å²) in [6.07, 6.45) is 4.75. The first kappa shape index (κ1) is 16.3. The molecule has 0 atom stereocenters. The zero-order valence-corrected chi connectivity index (χ0v) is 13.1. The van der Waals surface area contributed by atoms with Crippen LogP contribution in [0.2, 0.25) is 0 Å². The molecule has 3 heteroatoms. The molecule has 2 nitrogen and oxygen atoms in total. The Labute approximate surface area is 132 Å². The summed E-state index contributed by atoms with van der Waals surface area (Å²) >= 11 is 0. The molecule has 2 aromatic rings. The van der Waals surface area contributed by atoms with E-state index >= 15 is 0 Å². The number of anilines is 1. The van der Waals surface area contributed by atoms with Gasteiger partial charge in [0, 0.05) is 12.1 Å². The molecule has 0 saturated carbocycles. The van der Waals surface area contributed by atoms with Crippen molar-refractivity contribution < 1.29 is 9.13 Å². The molecular formula is C19H24FNO. The number of halogens is 1. The topological polar surface area (TPSA) is 21.3 Å². The van der Waals surface area contributed by atoms with Crippen molar-refractivity contribution in [1.29, 1.82) is 0 Å². The van der Waals surface area contributed by atoms with Crippen molar-refractivity contribution in [2.45, 2.75) is 39.2 Å². The fourth-order valence-electron chi connectivity index (χ4n) is 2.30. The Morgan fingerprint density at radius 2 is 1.73 bits per heavy atom. The summed E-state index contributed by atoms with van der Waals surface area (Å²) < 4.78 is 19.5. The number of hydrogen-bond donors (Lipinski definition) is 1. The molecule has 0 aliphatic rings. The normalized spacial score (nSPS) is 10.5. The van der Waals surface area contributed by atoms with E-state index in [9.17, 15) is 4.39 Å². The van der Waals surface area contributed by atoms with E-state index in [0.717, 1.165) is 24.3 Å². The van der Waals surface area contributed by atoms with Crippen LogP contribution in [-0.4, -0.2) is 6.61 Å². The van der Waals surface area contributed by atoms with E-state index < -0.39 is 0 Å².